The van der Waals surface area contributed by atoms with E-state index >= 15 is 0 Å². The van der Waals surface area contributed by atoms with Crippen LogP contribution in [0.4, 0.5) is 13.2 Å². The van der Waals surface area contributed by atoms with Gasteiger partial charge in [0.15, 0.2) is 0 Å². The van der Waals surface area contributed by atoms with Crippen molar-refractivity contribution in [2.75, 3.05) is 52.9 Å². The Kier molecular flexibility index (Phi) is 7.88. The largest absolute Gasteiger partial charge is 0.493 e. The number of para-hydroxylation sites is 1. The molecular formula is C27H32F3N3O3. The molecule has 0 spiro atoms. The fourth-order valence-corrected chi connectivity index (χ4v) is 5.02. The van der Waals surface area contributed by atoms with Crippen LogP contribution in [0.1, 0.15) is 35.2 Å². The van der Waals surface area contributed by atoms with E-state index in [1.165, 1.54) is 23.1 Å². The van der Waals surface area contributed by atoms with Gasteiger partial charge in [0, 0.05) is 51.1 Å². The first-order chi connectivity index (χ1) is 17.2. The predicted octanol–water partition coefficient (Wildman–Crippen LogP) is 4.17. The van der Waals surface area contributed by atoms with Crippen LogP contribution in [0.3, 0.4) is 0 Å². The second kappa shape index (κ2) is 10.9. The van der Waals surface area contributed by atoms with Crippen LogP contribution < -0.4 is 4.74 Å². The number of amides is 2. The van der Waals surface area contributed by atoms with Crippen LogP contribution in [0.25, 0.3) is 0 Å². The van der Waals surface area contributed by atoms with E-state index in [4.69, 9.17) is 4.74 Å². The number of alkyl halides is 3. The van der Waals surface area contributed by atoms with E-state index in [0.29, 0.717) is 38.2 Å². The summed E-state index contributed by atoms with van der Waals surface area (Å²) in [5, 5.41) is 0. The molecule has 6 nitrogen and oxygen atoms in total. The molecule has 2 aromatic carbocycles. The van der Waals surface area contributed by atoms with Gasteiger partial charge in [-0.25, -0.2) is 0 Å². The number of ether oxygens (including phenoxy) is 1. The lowest BCUT2D eigenvalue weighted by Crippen LogP contribution is -2.53. The Hall–Kier alpha value is -3.07. The topological polar surface area (TPSA) is 53.1 Å². The molecule has 2 aliphatic heterocycles. The highest BCUT2D eigenvalue weighted by Crippen LogP contribution is 2.37. The molecule has 36 heavy (non-hydrogen) atoms. The van der Waals surface area contributed by atoms with Crippen LogP contribution in [0.15, 0.2) is 54.6 Å². The van der Waals surface area contributed by atoms with Crippen molar-refractivity contribution >= 4 is 11.8 Å². The van der Waals surface area contributed by atoms with Gasteiger partial charge in [-0.3, -0.25) is 9.59 Å². The molecule has 2 amide bonds. The van der Waals surface area contributed by atoms with Gasteiger partial charge < -0.3 is 19.4 Å². The molecule has 9 heteroatoms. The van der Waals surface area contributed by atoms with Crippen molar-refractivity contribution in [1.82, 2.24) is 14.7 Å². The maximum Gasteiger partial charge on any atom is 0.417 e. The van der Waals surface area contributed by atoms with Gasteiger partial charge in [0.1, 0.15) is 5.75 Å². The van der Waals surface area contributed by atoms with Gasteiger partial charge in [0.25, 0.3) is 5.91 Å². The van der Waals surface area contributed by atoms with Gasteiger partial charge in [-0.05, 0) is 44.2 Å². The van der Waals surface area contributed by atoms with E-state index in [0.717, 1.165) is 19.2 Å². The number of benzene rings is 2. The van der Waals surface area contributed by atoms with Crippen LogP contribution in [0, 0.1) is 5.41 Å². The van der Waals surface area contributed by atoms with Crippen LogP contribution in [0.5, 0.6) is 5.75 Å². The molecule has 2 fully saturated rings. The minimum atomic E-state index is -4.63. The zero-order valence-electron chi connectivity index (χ0n) is 20.5. The summed E-state index contributed by atoms with van der Waals surface area (Å²) in [5.41, 5.74) is -2.01. The van der Waals surface area contributed by atoms with Gasteiger partial charge in [0.2, 0.25) is 5.91 Å². The Morgan fingerprint density at radius 1 is 0.917 bits per heavy atom. The number of piperazine rings is 1. The van der Waals surface area contributed by atoms with E-state index in [1.807, 2.05) is 42.3 Å². The van der Waals surface area contributed by atoms with Gasteiger partial charge >= 0.3 is 6.18 Å². The maximum absolute atomic E-state index is 13.6. The lowest BCUT2D eigenvalue weighted by molar-refractivity contribution is -0.138. The Morgan fingerprint density at radius 3 is 2.28 bits per heavy atom. The van der Waals surface area contributed by atoms with Crippen molar-refractivity contribution in [1.29, 1.82) is 0 Å². The third-order valence-corrected chi connectivity index (χ3v) is 7.08. The minimum absolute atomic E-state index is 0.00949. The third kappa shape index (κ3) is 6.19. The zero-order valence-corrected chi connectivity index (χ0v) is 20.5. The van der Waals surface area contributed by atoms with Crippen LogP contribution in [-0.4, -0.2) is 79.4 Å². The van der Waals surface area contributed by atoms with E-state index in [9.17, 15) is 22.8 Å². The number of carbonyl (C=O) groups is 2. The lowest BCUT2D eigenvalue weighted by Gasteiger charge is -2.43. The first-order valence-corrected chi connectivity index (χ1v) is 12.3. The molecule has 194 valence electrons. The number of nitrogens with zero attached hydrogens (tertiary/aromatic N) is 3. The van der Waals surface area contributed by atoms with Gasteiger partial charge in [-0.15, -0.1) is 0 Å². The Balaban J connectivity index is 1.56. The van der Waals surface area contributed by atoms with Crippen LogP contribution in [-0.2, 0) is 11.0 Å². The van der Waals surface area contributed by atoms with Crippen molar-refractivity contribution in [3.63, 3.8) is 0 Å². The summed E-state index contributed by atoms with van der Waals surface area (Å²) in [4.78, 5) is 32.1. The first kappa shape index (κ1) is 26.0. The molecule has 0 aliphatic carbocycles. The molecule has 0 saturated carbocycles. The van der Waals surface area contributed by atoms with Crippen molar-refractivity contribution in [2.45, 2.75) is 25.4 Å². The molecule has 2 saturated heterocycles. The van der Waals surface area contributed by atoms with Crippen molar-refractivity contribution < 1.29 is 27.5 Å². The molecule has 4 rings (SSSR count). The Labute approximate surface area is 209 Å². The number of hydrogen-bond acceptors (Lipinski definition) is 4. The van der Waals surface area contributed by atoms with E-state index < -0.39 is 23.1 Å². The smallest absolute Gasteiger partial charge is 0.417 e. The zero-order chi connectivity index (χ0) is 25.8. The molecule has 2 heterocycles. The summed E-state index contributed by atoms with van der Waals surface area (Å²) < 4.78 is 46.9. The number of likely N-dealkylation sites (N-methyl/N-ethyl adjacent to an activating group) is 1. The molecule has 1 atom stereocenters. The average molecular weight is 504 g/mol. The summed E-state index contributed by atoms with van der Waals surface area (Å²) in [7, 11) is 2.01. The highest BCUT2D eigenvalue weighted by Gasteiger charge is 2.43. The Morgan fingerprint density at radius 2 is 1.58 bits per heavy atom. The molecular weight excluding hydrogens is 471 g/mol. The van der Waals surface area contributed by atoms with E-state index in [2.05, 4.69) is 4.90 Å². The van der Waals surface area contributed by atoms with E-state index in [-0.39, 0.29) is 31.0 Å². The lowest BCUT2D eigenvalue weighted by atomic mass is 9.77. The number of halogens is 3. The number of rotatable bonds is 6. The molecule has 2 aliphatic rings. The standard InChI is InChI=1S/C27H32F3N3O3/c1-31-14-16-32(17-15-31)24(34)18-26(20-36-21-8-3-2-4-9-21)12-7-13-33(19-26)25(35)22-10-5-6-11-23(22)27(28,29)30/h2-6,8-11H,7,12-20H2,1H3. The van der Waals surface area contributed by atoms with Gasteiger partial charge in [0.05, 0.1) is 17.7 Å². The highest BCUT2D eigenvalue weighted by atomic mass is 19.4. The quantitative estimate of drug-likeness (QED) is 0.594. The molecule has 0 N–H and O–H groups in total. The predicted molar refractivity (Wildman–Crippen MR) is 130 cm³/mol. The average Bonchev–Trinajstić information content (AvgIpc) is 2.88. The summed E-state index contributed by atoms with van der Waals surface area (Å²) in [6, 6.07) is 14.1. The molecule has 0 bridgehead atoms. The summed E-state index contributed by atoms with van der Waals surface area (Å²) in [6.07, 6.45) is -3.24. The summed E-state index contributed by atoms with van der Waals surface area (Å²) in [5.74, 6) is -0.0294. The summed E-state index contributed by atoms with van der Waals surface area (Å²) >= 11 is 0. The van der Waals surface area contributed by atoms with Crippen molar-refractivity contribution in [3.05, 3.63) is 65.7 Å². The van der Waals surface area contributed by atoms with E-state index in [1.54, 1.807) is 0 Å². The number of piperidine rings is 1. The van der Waals surface area contributed by atoms with Gasteiger partial charge in [-0.2, -0.15) is 13.2 Å². The fourth-order valence-electron chi connectivity index (χ4n) is 5.02. The minimum Gasteiger partial charge on any atom is -0.493 e. The fraction of sp³-hybridized carbons (Fsp3) is 0.481. The molecule has 0 radical (unpaired) electrons. The van der Waals surface area contributed by atoms with Crippen molar-refractivity contribution in [3.8, 4) is 5.75 Å². The maximum atomic E-state index is 13.6. The second-order valence-corrected chi connectivity index (χ2v) is 9.84. The highest BCUT2D eigenvalue weighted by molar-refractivity contribution is 5.96. The molecule has 0 aromatic heterocycles. The normalized spacial score (nSPS) is 21.3. The summed E-state index contributed by atoms with van der Waals surface area (Å²) in [6.45, 7) is 3.53. The SMILES string of the molecule is CN1CCN(C(=O)CC2(COc3ccccc3)CCCN(C(=O)c3ccccc3C(F)(F)F)C2)CC1. The second-order valence-electron chi connectivity index (χ2n) is 9.84. The van der Waals surface area contributed by atoms with Gasteiger partial charge in [-0.1, -0.05) is 30.3 Å². The third-order valence-electron chi connectivity index (χ3n) is 7.08. The van der Waals surface area contributed by atoms with Crippen LogP contribution in [0.2, 0.25) is 0 Å². The molecule has 2 aromatic rings. The Bertz CT molecular complexity index is 1050. The van der Waals surface area contributed by atoms with Crippen LogP contribution >= 0.6 is 0 Å². The molecule has 1 unspecified atom stereocenters. The number of likely N-dealkylation sites (tertiary alicyclic amines) is 1. The first-order valence-electron chi connectivity index (χ1n) is 12.3. The number of hydrogen-bond donors (Lipinski definition) is 0. The number of carbonyl (C=O) groups excluding carboxylic acids is 2. The monoisotopic (exact) mass is 503 g/mol. The van der Waals surface area contributed by atoms with Crippen molar-refractivity contribution in [2.24, 2.45) is 5.41 Å².